The van der Waals surface area contributed by atoms with Gasteiger partial charge in [-0.1, -0.05) is 30.3 Å². The largest absolute Gasteiger partial charge is 0.507 e. The minimum absolute atomic E-state index is 0.0145. The monoisotopic (exact) mass is 268 g/mol. The van der Waals surface area contributed by atoms with E-state index in [4.69, 9.17) is 4.74 Å². The third-order valence-electron chi connectivity index (χ3n) is 3.36. The number of carbonyl (C=O) groups is 1. The van der Waals surface area contributed by atoms with Gasteiger partial charge in [-0.2, -0.15) is 0 Å². The van der Waals surface area contributed by atoms with E-state index in [-0.39, 0.29) is 28.6 Å². The molecule has 0 fully saturated rings. The number of benzene rings is 2. The number of ether oxygens (including phenoxy) is 1. The van der Waals surface area contributed by atoms with Crippen LogP contribution in [-0.4, -0.2) is 23.1 Å². The van der Waals surface area contributed by atoms with Gasteiger partial charge in [-0.3, -0.25) is 4.79 Å². The maximum atomic E-state index is 12.4. The number of fused-ring (bicyclic) bond motifs is 1. The Morgan fingerprint density at radius 1 is 1.00 bits per heavy atom. The van der Waals surface area contributed by atoms with Crippen LogP contribution >= 0.6 is 0 Å². The third-order valence-corrected chi connectivity index (χ3v) is 3.36. The minimum atomic E-state index is -0.231. The van der Waals surface area contributed by atoms with Crippen LogP contribution in [-0.2, 0) is 0 Å². The van der Waals surface area contributed by atoms with Gasteiger partial charge in [0.15, 0.2) is 17.3 Å². The predicted molar refractivity (Wildman–Crippen MR) is 74.9 cm³/mol. The molecule has 0 aromatic heterocycles. The molecule has 0 heterocycles. The number of ketones is 1. The lowest BCUT2D eigenvalue weighted by atomic mass is 10.0. The van der Waals surface area contributed by atoms with Crippen molar-refractivity contribution >= 4 is 17.1 Å². The summed E-state index contributed by atoms with van der Waals surface area (Å²) < 4.78 is 5.03. The van der Waals surface area contributed by atoms with Crippen LogP contribution in [0.3, 0.4) is 0 Å². The zero-order valence-electron chi connectivity index (χ0n) is 10.8. The van der Waals surface area contributed by atoms with Crippen LogP contribution in [0.2, 0.25) is 0 Å². The van der Waals surface area contributed by atoms with E-state index >= 15 is 0 Å². The molecular weight excluding hydrogens is 256 g/mol. The van der Waals surface area contributed by atoms with E-state index in [1.807, 2.05) is 0 Å². The van der Waals surface area contributed by atoms with E-state index in [9.17, 15) is 15.0 Å². The summed E-state index contributed by atoms with van der Waals surface area (Å²) in [5, 5.41) is 19.8. The van der Waals surface area contributed by atoms with Crippen molar-refractivity contribution in [2.45, 2.75) is 0 Å². The van der Waals surface area contributed by atoms with Gasteiger partial charge in [-0.25, -0.2) is 0 Å². The number of phenols is 1. The van der Waals surface area contributed by atoms with Crippen molar-refractivity contribution in [1.29, 1.82) is 0 Å². The van der Waals surface area contributed by atoms with Crippen LogP contribution in [0.5, 0.6) is 11.5 Å². The number of hydrogen-bond donors (Lipinski definition) is 2. The molecule has 2 aromatic carbocycles. The molecule has 0 radical (unpaired) electrons. The number of allylic oxidation sites excluding steroid dienone is 1. The van der Waals surface area contributed by atoms with Crippen molar-refractivity contribution in [3.63, 3.8) is 0 Å². The fourth-order valence-electron chi connectivity index (χ4n) is 2.37. The molecule has 0 spiro atoms. The van der Waals surface area contributed by atoms with Crippen molar-refractivity contribution in [3.05, 3.63) is 59.2 Å². The molecule has 3 rings (SSSR count). The fraction of sp³-hybridized carbons (Fsp3) is 0.0625. The van der Waals surface area contributed by atoms with Crippen molar-refractivity contribution < 1.29 is 19.7 Å². The molecular formula is C16H12O4. The Labute approximate surface area is 115 Å². The number of rotatable bonds is 2. The van der Waals surface area contributed by atoms with E-state index in [2.05, 4.69) is 0 Å². The second-order valence-electron chi connectivity index (χ2n) is 4.48. The lowest BCUT2D eigenvalue weighted by Gasteiger charge is -2.07. The maximum Gasteiger partial charge on any atom is 0.198 e. The molecule has 0 saturated heterocycles. The van der Waals surface area contributed by atoms with Gasteiger partial charge in [0, 0.05) is 11.1 Å². The van der Waals surface area contributed by atoms with Crippen LogP contribution < -0.4 is 4.74 Å². The number of phenolic OH excluding ortho intramolecular Hbond substituents is 1. The molecule has 100 valence electrons. The highest BCUT2D eigenvalue weighted by Crippen LogP contribution is 2.39. The summed E-state index contributed by atoms with van der Waals surface area (Å²) in [6.07, 6.45) is 0. The van der Waals surface area contributed by atoms with Crippen LogP contribution in [0.15, 0.2) is 42.5 Å². The Balaban J connectivity index is 2.17. The minimum Gasteiger partial charge on any atom is -0.507 e. The number of methoxy groups -OCH3 is 1. The van der Waals surface area contributed by atoms with Crippen molar-refractivity contribution in [1.82, 2.24) is 0 Å². The van der Waals surface area contributed by atoms with Gasteiger partial charge >= 0.3 is 0 Å². The van der Waals surface area contributed by atoms with Gasteiger partial charge < -0.3 is 14.9 Å². The van der Waals surface area contributed by atoms with Crippen molar-refractivity contribution in [2.75, 3.05) is 7.11 Å². The van der Waals surface area contributed by atoms with Gasteiger partial charge in [-0.05, 0) is 17.7 Å². The highest BCUT2D eigenvalue weighted by Gasteiger charge is 2.30. The molecule has 0 aliphatic heterocycles. The van der Waals surface area contributed by atoms with Crippen LogP contribution in [0.4, 0.5) is 0 Å². The molecule has 2 aromatic rings. The lowest BCUT2D eigenvalue weighted by Crippen LogP contribution is -1.98. The molecule has 4 heteroatoms. The van der Waals surface area contributed by atoms with Crippen molar-refractivity contribution in [3.8, 4) is 11.5 Å². The summed E-state index contributed by atoms with van der Waals surface area (Å²) >= 11 is 0. The summed E-state index contributed by atoms with van der Waals surface area (Å²) in [6, 6.07) is 11.4. The highest BCUT2D eigenvalue weighted by atomic mass is 16.5. The first-order valence-electron chi connectivity index (χ1n) is 6.08. The Hall–Kier alpha value is -2.75. The molecule has 0 bridgehead atoms. The average Bonchev–Trinajstić information content (AvgIpc) is 2.72. The first-order valence-corrected chi connectivity index (χ1v) is 6.08. The maximum absolute atomic E-state index is 12.4. The van der Waals surface area contributed by atoms with Gasteiger partial charge in [0.05, 0.1) is 12.7 Å². The zero-order chi connectivity index (χ0) is 14.3. The van der Waals surface area contributed by atoms with Crippen LogP contribution in [0.1, 0.15) is 21.5 Å². The summed E-state index contributed by atoms with van der Waals surface area (Å²) in [5.74, 6) is -0.0324. The Morgan fingerprint density at radius 2 is 1.70 bits per heavy atom. The summed E-state index contributed by atoms with van der Waals surface area (Å²) in [6.45, 7) is 0. The normalized spacial score (nSPS) is 13.6. The summed E-state index contributed by atoms with van der Waals surface area (Å²) in [7, 11) is 1.43. The number of carbonyl (C=O) groups excluding carboxylic acids is 1. The molecule has 0 saturated carbocycles. The lowest BCUT2D eigenvalue weighted by molar-refractivity contribution is 0.105. The fourth-order valence-corrected chi connectivity index (χ4v) is 2.37. The number of aromatic hydroxyl groups is 1. The second kappa shape index (κ2) is 4.42. The Bertz CT molecular complexity index is 744. The summed E-state index contributed by atoms with van der Waals surface area (Å²) in [5.41, 5.74) is 1.74. The van der Waals surface area contributed by atoms with Crippen LogP contribution in [0, 0.1) is 0 Å². The number of Topliss-reactive ketones (excluding diaryl/α,β-unsaturated/α-hetero) is 1. The van der Waals surface area contributed by atoms with Gasteiger partial charge in [0.25, 0.3) is 0 Å². The Morgan fingerprint density at radius 3 is 2.35 bits per heavy atom. The first-order chi connectivity index (χ1) is 9.63. The van der Waals surface area contributed by atoms with E-state index in [0.717, 1.165) is 0 Å². The Kier molecular flexibility index (Phi) is 2.71. The standard InChI is InChI=1S/C16H12O4/c1-20-13-8-9(6-7-12(13)17)14-15(18)10-4-2-3-5-11(10)16(14)19/h2-8,17-18H,1H3. The van der Waals surface area contributed by atoms with Crippen molar-refractivity contribution in [2.24, 2.45) is 0 Å². The molecule has 2 N–H and O–H groups in total. The molecule has 4 nitrogen and oxygen atoms in total. The SMILES string of the molecule is COc1cc(C2=C(O)c3ccccc3C2=O)ccc1O. The number of aliphatic hydroxyl groups excluding tert-OH is 1. The molecule has 0 unspecified atom stereocenters. The quantitative estimate of drug-likeness (QED) is 0.878. The van der Waals surface area contributed by atoms with E-state index in [1.54, 1.807) is 30.3 Å². The van der Waals surface area contributed by atoms with Crippen LogP contribution in [0.25, 0.3) is 11.3 Å². The smallest absolute Gasteiger partial charge is 0.198 e. The van der Waals surface area contributed by atoms with E-state index < -0.39 is 0 Å². The van der Waals surface area contributed by atoms with Gasteiger partial charge in [-0.15, -0.1) is 0 Å². The predicted octanol–water partition coefficient (Wildman–Crippen LogP) is 3.02. The topological polar surface area (TPSA) is 66.8 Å². The molecule has 0 amide bonds. The number of hydrogen-bond acceptors (Lipinski definition) is 4. The first kappa shape index (κ1) is 12.3. The van der Waals surface area contributed by atoms with E-state index in [1.165, 1.54) is 19.2 Å². The van der Waals surface area contributed by atoms with E-state index in [0.29, 0.717) is 16.7 Å². The highest BCUT2D eigenvalue weighted by molar-refractivity contribution is 6.38. The molecule has 1 aliphatic rings. The molecule has 0 atom stereocenters. The second-order valence-corrected chi connectivity index (χ2v) is 4.48. The zero-order valence-corrected chi connectivity index (χ0v) is 10.8. The number of aliphatic hydroxyl groups is 1. The van der Waals surface area contributed by atoms with Gasteiger partial charge in [0.1, 0.15) is 5.76 Å². The average molecular weight is 268 g/mol. The summed E-state index contributed by atoms with van der Waals surface area (Å²) in [4.78, 5) is 12.4. The molecule has 20 heavy (non-hydrogen) atoms. The van der Waals surface area contributed by atoms with Gasteiger partial charge in [0.2, 0.25) is 0 Å². The molecule has 1 aliphatic carbocycles. The third kappa shape index (κ3) is 1.66.